The summed E-state index contributed by atoms with van der Waals surface area (Å²) in [5.41, 5.74) is 5.06. The SMILES string of the molecule is CC/C(=C/CCC(=O)O)c1ccc(CCc2ccc(CO[Si](C)(C)C(C)(C)C)c(CO[Si](C)(C)C(C)(C)C)c2)s1. The monoisotopic (exact) mass is 602 g/mol. The summed E-state index contributed by atoms with van der Waals surface area (Å²) < 4.78 is 13.3. The first-order valence-corrected chi connectivity index (χ1v) is 21.4. The lowest BCUT2D eigenvalue weighted by molar-refractivity contribution is -0.136. The number of rotatable bonds is 14. The van der Waals surface area contributed by atoms with Gasteiger partial charge in [-0.25, -0.2) is 0 Å². The summed E-state index contributed by atoms with van der Waals surface area (Å²) in [6.45, 7) is 26.4. The van der Waals surface area contributed by atoms with Crippen LogP contribution in [0.4, 0.5) is 0 Å². The van der Waals surface area contributed by atoms with Crippen LogP contribution in [0.2, 0.25) is 36.3 Å². The van der Waals surface area contributed by atoms with Crippen LogP contribution in [0.15, 0.2) is 36.4 Å². The van der Waals surface area contributed by atoms with E-state index in [-0.39, 0.29) is 16.5 Å². The molecule has 0 fully saturated rings. The second-order valence-corrected chi connectivity index (χ2v) is 24.8. The molecule has 0 radical (unpaired) electrons. The standard InChI is InChI=1S/C33H54O4SSi2/c1-12-26(14-13-15-31(34)35)30-21-20-29(38-30)19-17-25-16-18-27(23-36-39(8,9)32(2,3)4)28(22-25)24-37-40(10,11)33(5,6)7/h14,16,18,20-22H,12-13,15,17,19,23-24H2,1-11H3,(H,34,35)/b26-14-. The first kappa shape index (κ1) is 34.7. The summed E-state index contributed by atoms with van der Waals surface area (Å²) in [6, 6.07) is 11.3. The molecule has 0 aliphatic carbocycles. The first-order chi connectivity index (χ1) is 18.4. The zero-order valence-electron chi connectivity index (χ0n) is 27.0. The highest BCUT2D eigenvalue weighted by Crippen LogP contribution is 2.39. The van der Waals surface area contributed by atoms with E-state index >= 15 is 0 Å². The van der Waals surface area contributed by atoms with Gasteiger partial charge in [0.05, 0.1) is 13.2 Å². The van der Waals surface area contributed by atoms with Gasteiger partial charge < -0.3 is 14.0 Å². The second-order valence-electron chi connectivity index (χ2n) is 14.0. The predicted molar refractivity (Wildman–Crippen MR) is 177 cm³/mol. The molecule has 0 atom stereocenters. The zero-order chi connectivity index (χ0) is 30.4. The molecule has 40 heavy (non-hydrogen) atoms. The van der Waals surface area contributed by atoms with Gasteiger partial charge in [-0.15, -0.1) is 11.3 Å². The van der Waals surface area contributed by atoms with Crippen molar-refractivity contribution in [3.63, 3.8) is 0 Å². The molecule has 4 nitrogen and oxygen atoms in total. The predicted octanol–water partition coefficient (Wildman–Crippen LogP) is 10.2. The Morgan fingerprint density at radius 3 is 1.98 bits per heavy atom. The molecule has 1 N–H and O–H groups in total. The van der Waals surface area contributed by atoms with Gasteiger partial charge in [-0.1, -0.05) is 72.7 Å². The van der Waals surface area contributed by atoms with Gasteiger partial charge in [0.1, 0.15) is 0 Å². The minimum absolute atomic E-state index is 0.165. The van der Waals surface area contributed by atoms with E-state index in [2.05, 4.69) is 111 Å². The molecular formula is C33H54O4SSi2. The fraction of sp³-hybridized carbons (Fsp3) is 0.606. The van der Waals surface area contributed by atoms with E-state index < -0.39 is 22.6 Å². The minimum Gasteiger partial charge on any atom is -0.481 e. The van der Waals surface area contributed by atoms with Crippen molar-refractivity contribution in [2.75, 3.05) is 0 Å². The number of aryl methyl sites for hydroxylation is 2. The van der Waals surface area contributed by atoms with Gasteiger partial charge in [-0.3, -0.25) is 4.79 Å². The van der Waals surface area contributed by atoms with Gasteiger partial charge in [0.25, 0.3) is 0 Å². The van der Waals surface area contributed by atoms with Gasteiger partial charge in [0.2, 0.25) is 0 Å². The summed E-state index contributed by atoms with van der Waals surface area (Å²) in [5, 5.41) is 9.30. The third-order valence-corrected chi connectivity index (χ3v) is 19.0. The molecule has 0 aliphatic heterocycles. The average Bonchev–Trinajstić information content (AvgIpc) is 3.30. The van der Waals surface area contributed by atoms with Crippen LogP contribution in [-0.2, 0) is 39.7 Å². The van der Waals surface area contributed by atoms with Crippen LogP contribution in [0, 0.1) is 0 Å². The van der Waals surface area contributed by atoms with Crippen LogP contribution in [0.25, 0.3) is 5.57 Å². The molecule has 0 spiro atoms. The fourth-order valence-corrected chi connectivity index (χ4v) is 6.82. The zero-order valence-corrected chi connectivity index (χ0v) is 29.8. The van der Waals surface area contributed by atoms with E-state index in [1.54, 1.807) is 0 Å². The first-order valence-electron chi connectivity index (χ1n) is 14.7. The van der Waals surface area contributed by atoms with E-state index in [4.69, 9.17) is 14.0 Å². The largest absolute Gasteiger partial charge is 0.481 e. The molecule has 1 aromatic heterocycles. The van der Waals surface area contributed by atoms with Crippen molar-refractivity contribution >= 4 is 39.5 Å². The third-order valence-electron chi connectivity index (χ3n) is 8.83. The lowest BCUT2D eigenvalue weighted by Gasteiger charge is -2.37. The Hall–Kier alpha value is -1.52. The molecule has 0 amide bonds. The Labute approximate surface area is 250 Å². The molecule has 2 rings (SSSR count). The van der Waals surface area contributed by atoms with Crippen molar-refractivity contribution in [3.8, 4) is 0 Å². The van der Waals surface area contributed by atoms with Crippen molar-refractivity contribution in [2.24, 2.45) is 0 Å². The van der Waals surface area contributed by atoms with Gasteiger partial charge in [0, 0.05) is 16.2 Å². The molecule has 1 aromatic carbocycles. The minimum atomic E-state index is -1.88. The van der Waals surface area contributed by atoms with Crippen molar-refractivity contribution in [1.82, 2.24) is 0 Å². The number of carboxylic acids is 1. The molecule has 0 unspecified atom stereocenters. The molecule has 0 saturated carbocycles. The number of thiophene rings is 1. The molecule has 2 aromatic rings. The topological polar surface area (TPSA) is 55.8 Å². The van der Waals surface area contributed by atoms with Crippen LogP contribution >= 0.6 is 11.3 Å². The van der Waals surface area contributed by atoms with E-state index in [0.29, 0.717) is 19.6 Å². The van der Waals surface area contributed by atoms with Crippen molar-refractivity contribution in [1.29, 1.82) is 0 Å². The maximum atomic E-state index is 10.9. The fourth-order valence-electron chi connectivity index (χ4n) is 3.80. The number of aliphatic carboxylic acids is 1. The molecule has 0 bridgehead atoms. The van der Waals surface area contributed by atoms with Gasteiger partial charge in [-0.05, 0) is 96.3 Å². The Morgan fingerprint density at radius 1 is 0.875 bits per heavy atom. The van der Waals surface area contributed by atoms with E-state index in [1.165, 1.54) is 32.0 Å². The number of carbonyl (C=O) groups is 1. The smallest absolute Gasteiger partial charge is 0.303 e. The van der Waals surface area contributed by atoms with Crippen molar-refractivity contribution < 1.29 is 18.8 Å². The van der Waals surface area contributed by atoms with Crippen molar-refractivity contribution in [2.45, 2.75) is 130 Å². The Morgan fingerprint density at radius 2 is 1.45 bits per heavy atom. The Bertz CT molecular complexity index is 1150. The number of allylic oxidation sites excluding steroid dienone is 2. The van der Waals surface area contributed by atoms with Crippen LogP contribution < -0.4 is 0 Å². The summed E-state index contributed by atoms with van der Waals surface area (Å²) in [4.78, 5) is 13.5. The maximum absolute atomic E-state index is 10.9. The third kappa shape index (κ3) is 10.1. The molecule has 224 valence electrons. The second kappa shape index (κ2) is 14.1. The Kier molecular flexibility index (Phi) is 12.2. The highest BCUT2D eigenvalue weighted by Gasteiger charge is 2.38. The summed E-state index contributed by atoms with van der Waals surface area (Å²) in [5.74, 6) is -0.745. The number of hydrogen-bond acceptors (Lipinski definition) is 4. The van der Waals surface area contributed by atoms with Crippen molar-refractivity contribution in [3.05, 3.63) is 62.9 Å². The molecule has 0 saturated heterocycles. The van der Waals surface area contributed by atoms with E-state index in [1.807, 2.05) is 11.3 Å². The quantitative estimate of drug-likeness (QED) is 0.219. The highest BCUT2D eigenvalue weighted by atomic mass is 32.1. The average molecular weight is 603 g/mol. The van der Waals surface area contributed by atoms with Crippen LogP contribution in [-0.4, -0.2) is 27.7 Å². The van der Waals surface area contributed by atoms with E-state index in [9.17, 15) is 4.79 Å². The van der Waals surface area contributed by atoms with Gasteiger partial charge in [-0.2, -0.15) is 0 Å². The number of hydrogen-bond donors (Lipinski definition) is 1. The normalized spacial score (nSPS) is 13.6. The Balaban J connectivity index is 2.21. The van der Waals surface area contributed by atoms with E-state index in [0.717, 1.165) is 19.3 Å². The molecule has 0 aliphatic rings. The van der Waals surface area contributed by atoms with Crippen LogP contribution in [0.1, 0.15) is 94.2 Å². The molecule has 7 heteroatoms. The lowest BCUT2D eigenvalue weighted by atomic mass is 10.0. The van der Waals surface area contributed by atoms with Crippen LogP contribution in [0.3, 0.4) is 0 Å². The highest BCUT2D eigenvalue weighted by molar-refractivity contribution is 7.13. The van der Waals surface area contributed by atoms with Gasteiger partial charge >= 0.3 is 5.97 Å². The summed E-state index contributed by atoms with van der Waals surface area (Å²) in [7, 11) is -3.75. The molecular weight excluding hydrogens is 549 g/mol. The number of carboxylic acid groups (broad SMARTS) is 1. The van der Waals surface area contributed by atoms with Crippen LogP contribution in [0.5, 0.6) is 0 Å². The lowest BCUT2D eigenvalue weighted by Crippen LogP contribution is -2.41. The molecule has 1 heterocycles. The van der Waals surface area contributed by atoms with Gasteiger partial charge in [0.15, 0.2) is 16.6 Å². The summed E-state index contributed by atoms with van der Waals surface area (Å²) in [6.07, 6.45) is 5.72. The summed E-state index contributed by atoms with van der Waals surface area (Å²) >= 11 is 1.83. The number of benzene rings is 1. The maximum Gasteiger partial charge on any atom is 0.303 e.